The maximum Gasteiger partial charge on any atom is 0.0918 e. The standard InChI is InChI=1S/C11H25N3O3/c1-14(4-3-11(12)13)5-6-16-9-10-17-8-7-15-2/h3-10H2,1-2H3,(H3,12,13). The van der Waals surface area contributed by atoms with E-state index in [2.05, 4.69) is 4.90 Å². The molecule has 6 heteroatoms. The third-order valence-corrected chi connectivity index (χ3v) is 2.18. The maximum atomic E-state index is 7.10. The Labute approximate surface area is 104 Å². The summed E-state index contributed by atoms with van der Waals surface area (Å²) >= 11 is 0. The Kier molecular flexibility index (Phi) is 11.3. The number of likely N-dealkylation sites (N-methyl/N-ethyl adjacent to an activating group) is 1. The monoisotopic (exact) mass is 247 g/mol. The van der Waals surface area contributed by atoms with Gasteiger partial charge in [-0.15, -0.1) is 0 Å². The first-order chi connectivity index (χ1) is 8.16. The van der Waals surface area contributed by atoms with Crippen LogP contribution in [0.2, 0.25) is 0 Å². The van der Waals surface area contributed by atoms with Gasteiger partial charge < -0.3 is 24.8 Å². The Hall–Kier alpha value is -0.690. The summed E-state index contributed by atoms with van der Waals surface area (Å²) in [6.07, 6.45) is 0.608. The number of ether oxygens (including phenoxy) is 3. The highest BCUT2D eigenvalue weighted by molar-refractivity contribution is 5.76. The molecular formula is C11H25N3O3. The van der Waals surface area contributed by atoms with Crippen molar-refractivity contribution in [3.05, 3.63) is 0 Å². The second-order valence-electron chi connectivity index (χ2n) is 3.80. The molecule has 0 heterocycles. The predicted octanol–water partition coefficient (Wildman–Crippen LogP) is -0.0761. The largest absolute Gasteiger partial charge is 0.388 e. The smallest absolute Gasteiger partial charge is 0.0918 e. The summed E-state index contributed by atoms with van der Waals surface area (Å²) < 4.78 is 15.5. The zero-order valence-electron chi connectivity index (χ0n) is 10.9. The van der Waals surface area contributed by atoms with Crippen molar-refractivity contribution < 1.29 is 14.2 Å². The molecular weight excluding hydrogens is 222 g/mol. The van der Waals surface area contributed by atoms with Crippen LogP contribution in [0.5, 0.6) is 0 Å². The van der Waals surface area contributed by atoms with Gasteiger partial charge in [-0.2, -0.15) is 0 Å². The van der Waals surface area contributed by atoms with Crippen molar-refractivity contribution in [2.24, 2.45) is 5.73 Å². The van der Waals surface area contributed by atoms with E-state index in [0.29, 0.717) is 39.5 Å². The van der Waals surface area contributed by atoms with Crippen LogP contribution in [0.25, 0.3) is 0 Å². The Morgan fingerprint density at radius 1 is 1.06 bits per heavy atom. The van der Waals surface area contributed by atoms with Crippen LogP contribution < -0.4 is 5.73 Å². The number of nitrogens with two attached hydrogens (primary N) is 1. The lowest BCUT2D eigenvalue weighted by Gasteiger charge is -2.15. The summed E-state index contributed by atoms with van der Waals surface area (Å²) in [5, 5.41) is 7.10. The van der Waals surface area contributed by atoms with Crippen molar-refractivity contribution in [3.63, 3.8) is 0 Å². The van der Waals surface area contributed by atoms with Crippen LogP contribution in [0.15, 0.2) is 0 Å². The molecule has 0 aliphatic rings. The van der Waals surface area contributed by atoms with Crippen LogP contribution >= 0.6 is 0 Å². The summed E-state index contributed by atoms with van der Waals surface area (Å²) in [7, 11) is 3.64. The molecule has 0 spiro atoms. The molecule has 0 atom stereocenters. The lowest BCUT2D eigenvalue weighted by Crippen LogP contribution is -2.27. The molecule has 0 aromatic rings. The Bertz CT molecular complexity index is 191. The van der Waals surface area contributed by atoms with Gasteiger partial charge in [-0.25, -0.2) is 0 Å². The topological polar surface area (TPSA) is 80.8 Å². The average molecular weight is 247 g/mol. The summed E-state index contributed by atoms with van der Waals surface area (Å²) in [5.41, 5.74) is 5.27. The second-order valence-corrected chi connectivity index (χ2v) is 3.80. The third-order valence-electron chi connectivity index (χ3n) is 2.18. The fraction of sp³-hybridized carbons (Fsp3) is 0.909. The average Bonchev–Trinajstić information content (AvgIpc) is 2.30. The first kappa shape index (κ1) is 16.3. The van der Waals surface area contributed by atoms with Crippen molar-refractivity contribution in [1.29, 1.82) is 5.41 Å². The number of methoxy groups -OCH3 is 1. The molecule has 0 aliphatic heterocycles. The maximum absolute atomic E-state index is 7.10. The van der Waals surface area contributed by atoms with Gasteiger partial charge in [0, 0.05) is 26.6 Å². The molecule has 102 valence electrons. The SMILES string of the molecule is COCCOCCOCCN(C)CCC(=N)N. The molecule has 0 aromatic carbocycles. The zero-order valence-corrected chi connectivity index (χ0v) is 10.9. The van der Waals surface area contributed by atoms with Gasteiger partial charge in [0.1, 0.15) is 0 Å². The summed E-state index contributed by atoms with van der Waals surface area (Å²) in [6.45, 7) is 4.73. The van der Waals surface area contributed by atoms with Gasteiger partial charge in [-0.05, 0) is 7.05 Å². The van der Waals surface area contributed by atoms with Crippen LogP contribution in [-0.4, -0.2) is 71.0 Å². The Morgan fingerprint density at radius 3 is 2.24 bits per heavy atom. The molecule has 0 unspecified atom stereocenters. The molecule has 0 rings (SSSR count). The molecule has 0 fully saturated rings. The van der Waals surface area contributed by atoms with Crippen LogP contribution in [0, 0.1) is 5.41 Å². The van der Waals surface area contributed by atoms with E-state index in [1.54, 1.807) is 7.11 Å². The molecule has 0 saturated carbocycles. The Morgan fingerprint density at radius 2 is 1.65 bits per heavy atom. The molecule has 0 saturated heterocycles. The lowest BCUT2D eigenvalue weighted by molar-refractivity contribution is 0.0210. The minimum Gasteiger partial charge on any atom is -0.388 e. The van der Waals surface area contributed by atoms with E-state index in [1.165, 1.54) is 0 Å². The molecule has 6 nitrogen and oxygen atoms in total. The Balaban J connectivity index is 3.13. The van der Waals surface area contributed by atoms with E-state index in [1.807, 2.05) is 7.05 Å². The number of hydrogen-bond donors (Lipinski definition) is 2. The van der Waals surface area contributed by atoms with Gasteiger partial charge in [0.25, 0.3) is 0 Å². The van der Waals surface area contributed by atoms with Gasteiger partial charge in [0.15, 0.2) is 0 Å². The molecule has 3 N–H and O–H groups in total. The van der Waals surface area contributed by atoms with E-state index in [0.717, 1.165) is 13.1 Å². The molecule has 17 heavy (non-hydrogen) atoms. The van der Waals surface area contributed by atoms with Crippen LogP contribution in [-0.2, 0) is 14.2 Å². The van der Waals surface area contributed by atoms with Crippen molar-refractivity contribution in [2.45, 2.75) is 6.42 Å². The third kappa shape index (κ3) is 13.2. The highest BCUT2D eigenvalue weighted by Gasteiger charge is 1.99. The fourth-order valence-corrected chi connectivity index (χ4v) is 1.11. The predicted molar refractivity (Wildman–Crippen MR) is 67.5 cm³/mol. The van der Waals surface area contributed by atoms with Crippen LogP contribution in [0.3, 0.4) is 0 Å². The molecule has 0 bridgehead atoms. The van der Waals surface area contributed by atoms with Crippen molar-refractivity contribution >= 4 is 5.84 Å². The summed E-state index contributed by atoms with van der Waals surface area (Å²) in [4.78, 5) is 2.09. The number of amidine groups is 1. The van der Waals surface area contributed by atoms with E-state index in [9.17, 15) is 0 Å². The molecule has 0 aromatic heterocycles. The van der Waals surface area contributed by atoms with E-state index < -0.39 is 0 Å². The number of rotatable bonds is 12. The number of hydrogen-bond acceptors (Lipinski definition) is 5. The molecule has 0 amide bonds. The van der Waals surface area contributed by atoms with Crippen molar-refractivity contribution in [3.8, 4) is 0 Å². The number of nitrogens with zero attached hydrogens (tertiary/aromatic N) is 1. The minimum atomic E-state index is 0.226. The lowest BCUT2D eigenvalue weighted by atomic mass is 10.4. The second kappa shape index (κ2) is 11.8. The summed E-state index contributed by atoms with van der Waals surface area (Å²) in [5.74, 6) is 0.226. The first-order valence-corrected chi connectivity index (χ1v) is 5.82. The van der Waals surface area contributed by atoms with Gasteiger partial charge >= 0.3 is 0 Å². The van der Waals surface area contributed by atoms with Crippen LogP contribution in [0.1, 0.15) is 6.42 Å². The van der Waals surface area contributed by atoms with Gasteiger partial charge in [-0.3, -0.25) is 5.41 Å². The fourth-order valence-electron chi connectivity index (χ4n) is 1.11. The van der Waals surface area contributed by atoms with E-state index in [4.69, 9.17) is 25.4 Å². The van der Waals surface area contributed by atoms with E-state index in [-0.39, 0.29) is 5.84 Å². The minimum absolute atomic E-state index is 0.226. The molecule has 0 aliphatic carbocycles. The van der Waals surface area contributed by atoms with E-state index >= 15 is 0 Å². The zero-order chi connectivity index (χ0) is 12.9. The van der Waals surface area contributed by atoms with Gasteiger partial charge in [-0.1, -0.05) is 0 Å². The highest BCUT2D eigenvalue weighted by atomic mass is 16.5. The highest BCUT2D eigenvalue weighted by Crippen LogP contribution is 1.88. The number of nitrogens with one attached hydrogen (secondary N) is 1. The van der Waals surface area contributed by atoms with Gasteiger partial charge in [0.05, 0.1) is 38.9 Å². The van der Waals surface area contributed by atoms with Crippen molar-refractivity contribution in [2.75, 3.05) is 60.3 Å². The molecule has 0 radical (unpaired) electrons. The van der Waals surface area contributed by atoms with Crippen LogP contribution in [0.4, 0.5) is 0 Å². The van der Waals surface area contributed by atoms with Crippen molar-refractivity contribution in [1.82, 2.24) is 4.90 Å². The normalized spacial score (nSPS) is 11.0. The first-order valence-electron chi connectivity index (χ1n) is 5.82. The summed E-state index contributed by atoms with van der Waals surface area (Å²) in [6, 6.07) is 0. The quantitative estimate of drug-likeness (QED) is 0.286. The van der Waals surface area contributed by atoms with Gasteiger partial charge in [0.2, 0.25) is 0 Å².